The molecule has 0 rings (SSSR count). The molecular formula is C30H47N3O9S. The van der Waals surface area contributed by atoms with Gasteiger partial charge in [0, 0.05) is 30.3 Å². The molecule has 13 heteroatoms. The zero-order chi connectivity index (χ0) is 32.5. The lowest BCUT2D eigenvalue weighted by Gasteiger charge is -2.21. The van der Waals surface area contributed by atoms with Crippen molar-refractivity contribution in [2.24, 2.45) is 5.73 Å². The Balaban J connectivity index is 5.36. The molecule has 0 fully saturated rings. The summed E-state index contributed by atoms with van der Waals surface area (Å²) in [4.78, 5) is 69.7. The third kappa shape index (κ3) is 23.8. The van der Waals surface area contributed by atoms with Crippen molar-refractivity contribution in [3.63, 3.8) is 0 Å². The van der Waals surface area contributed by atoms with Crippen LogP contribution in [-0.4, -0.2) is 80.5 Å². The van der Waals surface area contributed by atoms with E-state index in [1.165, 1.54) is 30.7 Å². The van der Waals surface area contributed by atoms with E-state index in [2.05, 4.69) is 29.7 Å². The maximum Gasteiger partial charge on any atom is 0.322 e. The second-order valence-electron chi connectivity index (χ2n) is 9.93. The van der Waals surface area contributed by atoms with Gasteiger partial charge < -0.3 is 31.7 Å². The number of carboxylic acid groups (broad SMARTS) is 3. The van der Waals surface area contributed by atoms with Gasteiger partial charge in [0.2, 0.25) is 11.8 Å². The fourth-order valence-electron chi connectivity index (χ4n) is 3.61. The second-order valence-corrected chi connectivity index (χ2v) is 11.3. The predicted octanol–water partition coefficient (Wildman–Crippen LogP) is 3.21. The predicted molar refractivity (Wildman–Crippen MR) is 166 cm³/mol. The number of ketones is 1. The Labute approximate surface area is 257 Å². The molecule has 43 heavy (non-hydrogen) atoms. The lowest BCUT2D eigenvalue weighted by molar-refractivity contribution is -0.139. The van der Waals surface area contributed by atoms with E-state index >= 15 is 0 Å². The number of amides is 2. The first-order valence-electron chi connectivity index (χ1n) is 14.6. The number of nitrogens with two attached hydrogens (primary N) is 1. The van der Waals surface area contributed by atoms with Crippen LogP contribution in [0.1, 0.15) is 84.0 Å². The molecule has 2 amide bonds. The topological polar surface area (TPSA) is 213 Å². The minimum absolute atomic E-state index is 0.0881. The van der Waals surface area contributed by atoms with Crippen molar-refractivity contribution >= 4 is 47.3 Å². The van der Waals surface area contributed by atoms with Gasteiger partial charge in [0.05, 0.1) is 0 Å². The summed E-state index contributed by atoms with van der Waals surface area (Å²) in [7, 11) is 0. The van der Waals surface area contributed by atoms with Crippen LogP contribution in [0, 0.1) is 0 Å². The van der Waals surface area contributed by atoms with Crippen LogP contribution in [-0.2, 0) is 28.8 Å². The van der Waals surface area contributed by atoms with Crippen LogP contribution in [0.3, 0.4) is 0 Å². The molecule has 0 spiro atoms. The lowest BCUT2D eigenvalue weighted by atomic mass is 10.1. The Bertz CT molecular complexity index is 982. The molecule has 0 saturated carbocycles. The fraction of sp³-hybridized carbons (Fsp3) is 0.600. The smallest absolute Gasteiger partial charge is 0.322 e. The van der Waals surface area contributed by atoms with Crippen molar-refractivity contribution < 1.29 is 44.1 Å². The number of hydrogen-bond donors (Lipinski definition) is 6. The number of nitrogens with one attached hydrogen (secondary N) is 2. The number of carboxylic acids is 3. The number of hydrogen-bond acceptors (Lipinski definition) is 8. The first kappa shape index (κ1) is 39.5. The average molecular weight is 626 g/mol. The van der Waals surface area contributed by atoms with Crippen molar-refractivity contribution in [2.75, 3.05) is 12.3 Å². The summed E-state index contributed by atoms with van der Waals surface area (Å²) in [5.74, 6) is -4.85. The van der Waals surface area contributed by atoms with Crippen LogP contribution in [0.4, 0.5) is 0 Å². The van der Waals surface area contributed by atoms with Crippen LogP contribution in [0.2, 0.25) is 0 Å². The highest BCUT2D eigenvalue weighted by Gasteiger charge is 2.24. The molecule has 7 N–H and O–H groups in total. The molecule has 242 valence electrons. The molecule has 12 nitrogen and oxygen atoms in total. The quantitative estimate of drug-likeness (QED) is 0.0466. The van der Waals surface area contributed by atoms with Gasteiger partial charge in [-0.15, -0.1) is 0 Å². The SMILES string of the molecule is CCCCC/C=C\C/C=C\C[C@H](C/C=C\C(=O)CCCC(=O)O)SC[C@@H](NC(=O)CC[C@@H](N)C(=O)O)C(=O)NCC(=O)O. The van der Waals surface area contributed by atoms with Gasteiger partial charge >= 0.3 is 17.9 Å². The highest BCUT2D eigenvalue weighted by Crippen LogP contribution is 2.21. The van der Waals surface area contributed by atoms with Crippen LogP contribution < -0.4 is 16.4 Å². The van der Waals surface area contributed by atoms with Gasteiger partial charge in [-0.3, -0.25) is 28.8 Å². The molecule has 0 aromatic carbocycles. The summed E-state index contributed by atoms with van der Waals surface area (Å²) in [5.41, 5.74) is 5.45. The van der Waals surface area contributed by atoms with Gasteiger partial charge in [-0.1, -0.05) is 50.1 Å². The van der Waals surface area contributed by atoms with Gasteiger partial charge in [0.15, 0.2) is 5.78 Å². The molecule has 0 bridgehead atoms. The second kappa shape index (κ2) is 25.1. The van der Waals surface area contributed by atoms with E-state index in [1.54, 1.807) is 6.08 Å². The van der Waals surface area contributed by atoms with Gasteiger partial charge in [-0.05, 0) is 51.0 Å². The molecule has 0 aromatic heterocycles. The van der Waals surface area contributed by atoms with Crippen molar-refractivity contribution in [3.05, 3.63) is 36.5 Å². The monoisotopic (exact) mass is 625 g/mol. The Morgan fingerprint density at radius 1 is 0.837 bits per heavy atom. The first-order valence-corrected chi connectivity index (χ1v) is 15.6. The average Bonchev–Trinajstić information content (AvgIpc) is 2.94. The minimum Gasteiger partial charge on any atom is -0.481 e. The number of allylic oxidation sites excluding steroid dienone is 6. The number of carbonyl (C=O) groups is 6. The summed E-state index contributed by atoms with van der Waals surface area (Å²) in [6.07, 6.45) is 17.7. The van der Waals surface area contributed by atoms with Gasteiger partial charge in [-0.2, -0.15) is 11.8 Å². The van der Waals surface area contributed by atoms with Crippen molar-refractivity contribution in [1.29, 1.82) is 0 Å². The van der Waals surface area contributed by atoms with Gasteiger partial charge in [-0.25, -0.2) is 0 Å². The fourth-order valence-corrected chi connectivity index (χ4v) is 4.80. The minimum atomic E-state index is -1.25. The number of aliphatic carboxylic acids is 3. The van der Waals surface area contributed by atoms with Crippen LogP contribution in [0.15, 0.2) is 36.5 Å². The molecule has 0 aliphatic carbocycles. The largest absolute Gasteiger partial charge is 0.481 e. The van der Waals surface area contributed by atoms with Crippen LogP contribution in [0.25, 0.3) is 0 Å². The lowest BCUT2D eigenvalue weighted by Crippen LogP contribution is -2.49. The molecule has 0 aliphatic heterocycles. The third-order valence-corrected chi connectivity index (χ3v) is 7.44. The van der Waals surface area contributed by atoms with Gasteiger partial charge in [0.1, 0.15) is 18.6 Å². The maximum atomic E-state index is 12.7. The molecule has 3 atom stereocenters. The summed E-state index contributed by atoms with van der Waals surface area (Å²) >= 11 is 1.36. The Hall–Kier alpha value is -3.45. The first-order chi connectivity index (χ1) is 20.5. The Morgan fingerprint density at radius 2 is 1.53 bits per heavy atom. The summed E-state index contributed by atoms with van der Waals surface area (Å²) in [6.45, 7) is 1.52. The van der Waals surface area contributed by atoms with Crippen LogP contribution in [0.5, 0.6) is 0 Å². The van der Waals surface area contributed by atoms with Crippen molar-refractivity contribution in [2.45, 2.75) is 101 Å². The zero-order valence-corrected chi connectivity index (χ0v) is 25.7. The molecule has 0 saturated heterocycles. The van der Waals surface area contributed by atoms with E-state index in [1.807, 2.05) is 12.2 Å². The maximum absolute atomic E-state index is 12.7. The van der Waals surface area contributed by atoms with Crippen molar-refractivity contribution in [3.8, 4) is 0 Å². The molecular weight excluding hydrogens is 578 g/mol. The van der Waals surface area contributed by atoms with E-state index in [9.17, 15) is 28.8 Å². The summed E-state index contributed by atoms with van der Waals surface area (Å²) in [5, 5.41) is 31.3. The highest BCUT2D eigenvalue weighted by atomic mass is 32.2. The Kier molecular flexibility index (Phi) is 23.1. The van der Waals surface area contributed by atoms with Gasteiger partial charge in [0.25, 0.3) is 0 Å². The number of unbranched alkanes of at least 4 members (excludes halogenated alkanes) is 3. The number of rotatable bonds is 26. The van der Waals surface area contributed by atoms with Crippen molar-refractivity contribution in [1.82, 2.24) is 10.6 Å². The highest BCUT2D eigenvalue weighted by molar-refractivity contribution is 8.00. The zero-order valence-electron chi connectivity index (χ0n) is 24.9. The van der Waals surface area contributed by atoms with E-state index in [4.69, 9.17) is 21.1 Å². The van der Waals surface area contributed by atoms with E-state index in [0.717, 1.165) is 19.3 Å². The molecule has 0 unspecified atom stereocenters. The summed E-state index contributed by atoms with van der Waals surface area (Å²) < 4.78 is 0. The molecule has 0 heterocycles. The van der Waals surface area contributed by atoms with E-state index < -0.39 is 48.4 Å². The molecule has 0 aromatic rings. The molecule has 0 aliphatic rings. The normalized spacial score (nSPS) is 13.6. The van der Waals surface area contributed by atoms with E-state index in [-0.39, 0.29) is 48.9 Å². The molecule has 0 radical (unpaired) electrons. The van der Waals surface area contributed by atoms with E-state index in [0.29, 0.717) is 12.8 Å². The van der Waals surface area contributed by atoms with Crippen LogP contribution >= 0.6 is 11.8 Å². The third-order valence-electron chi connectivity index (χ3n) is 6.06. The standard InChI is InChI=1S/C30H47N3O9S/c1-2-3-4-5-6-7-8-9-10-15-23(16-11-13-22(34)14-12-17-27(36)37)43-21-25(29(40)32-20-28(38)39)33-26(35)19-18-24(31)30(41)42/h6-7,9-11,13,23-25H,2-5,8,12,14-21,31H2,1H3,(H,32,40)(H,33,35)(H,36,37)(H,38,39)(H,41,42)/b7-6-,10-9-,13-11-/t23-,24-,25-/m1/s1. The summed E-state index contributed by atoms with van der Waals surface area (Å²) in [6, 6.07) is -2.32. The number of carbonyl (C=O) groups excluding carboxylic acids is 3. The Morgan fingerprint density at radius 3 is 2.19 bits per heavy atom. The number of thioether (sulfide) groups is 1.